The Morgan fingerprint density at radius 1 is 0.833 bits per heavy atom. The van der Waals surface area contributed by atoms with Crippen molar-refractivity contribution in [2.24, 2.45) is 9.98 Å². The molecule has 4 nitrogen and oxygen atoms in total. The maximum atomic E-state index is 6.09. The zero-order valence-electron chi connectivity index (χ0n) is 14.1. The molecule has 0 fully saturated rings. The second kappa shape index (κ2) is 9.36. The van der Waals surface area contributed by atoms with Gasteiger partial charge in [0, 0.05) is 0 Å². The Morgan fingerprint density at radius 2 is 1.37 bits per heavy atom. The van der Waals surface area contributed by atoms with E-state index in [1.807, 2.05) is 0 Å². The standard InChI is InChI=1S/C14H7Cl12N3O/c1-6-2-3-7(30-6)4-5-8-27-11(12(18,19)20,13(21,22)23)28-9(10(15,16)17)29(8)14(24,25)26/h2-5H,1H3. The van der Waals surface area contributed by atoms with E-state index in [4.69, 9.17) is 144 Å². The van der Waals surface area contributed by atoms with E-state index in [0.717, 1.165) is 4.90 Å². The summed E-state index contributed by atoms with van der Waals surface area (Å²) >= 11 is 72.9. The number of halogens is 12. The molecule has 16 heteroatoms. The Balaban J connectivity index is 2.84. The largest absolute Gasteiger partial charge is 0.462 e. The van der Waals surface area contributed by atoms with E-state index in [1.54, 1.807) is 19.1 Å². The lowest BCUT2D eigenvalue weighted by molar-refractivity contribution is 0.427. The van der Waals surface area contributed by atoms with E-state index in [-0.39, 0.29) is 5.84 Å². The van der Waals surface area contributed by atoms with Crippen LogP contribution in [0.25, 0.3) is 6.08 Å². The smallest absolute Gasteiger partial charge is 0.274 e. The Hall–Kier alpha value is 1.64. The lowest BCUT2D eigenvalue weighted by Crippen LogP contribution is -2.61. The van der Waals surface area contributed by atoms with Crippen LogP contribution < -0.4 is 0 Å². The molecule has 30 heavy (non-hydrogen) atoms. The number of aryl methyl sites for hydroxylation is 1. The molecule has 0 bridgehead atoms. The van der Waals surface area contributed by atoms with Crippen LogP contribution in [0.3, 0.4) is 0 Å². The van der Waals surface area contributed by atoms with Crippen molar-refractivity contribution in [3.05, 3.63) is 29.7 Å². The molecule has 0 atom stereocenters. The minimum absolute atomic E-state index is 0.224. The summed E-state index contributed by atoms with van der Waals surface area (Å²) in [5.41, 5.74) is -2.43. The molecule has 0 saturated carbocycles. The summed E-state index contributed by atoms with van der Waals surface area (Å²) in [4.78, 5) is 9.09. The molecular weight excluding hydrogens is 652 g/mol. The van der Waals surface area contributed by atoms with Gasteiger partial charge in [-0.3, -0.25) is 4.90 Å². The fraction of sp³-hybridized carbons (Fsp3) is 0.429. The van der Waals surface area contributed by atoms with E-state index in [1.165, 1.54) is 12.2 Å². The first kappa shape index (κ1) is 27.9. The molecule has 0 spiro atoms. The average molecular weight is 659 g/mol. The SMILES string of the molecule is Cc1ccc(C=CC2=NC(C(Cl)(Cl)Cl)(C(Cl)(Cl)Cl)N=C(C(Cl)(Cl)Cl)N2C(Cl)(Cl)Cl)o1. The second-order valence-corrected chi connectivity index (χ2v) is 14.7. The number of amidine groups is 2. The van der Waals surface area contributed by atoms with Crippen LogP contribution >= 0.6 is 139 Å². The summed E-state index contributed by atoms with van der Waals surface area (Å²) in [5.74, 6) is 0.290. The van der Waals surface area contributed by atoms with Crippen LogP contribution in [-0.2, 0) is 0 Å². The van der Waals surface area contributed by atoms with Gasteiger partial charge in [-0.25, -0.2) is 9.98 Å². The predicted octanol–water partition coefficient (Wildman–Crippen LogP) is 8.85. The molecule has 0 aromatic carbocycles. The van der Waals surface area contributed by atoms with Gasteiger partial charge in [0.15, 0.2) is 5.84 Å². The van der Waals surface area contributed by atoms with E-state index in [0.29, 0.717) is 11.5 Å². The van der Waals surface area contributed by atoms with Crippen molar-refractivity contribution in [2.45, 2.75) is 27.9 Å². The summed E-state index contributed by atoms with van der Waals surface area (Å²) < 4.78 is -4.03. The van der Waals surface area contributed by atoms with Crippen LogP contribution in [-0.4, -0.2) is 37.5 Å². The molecule has 0 unspecified atom stereocenters. The molecule has 0 saturated heterocycles. The molecule has 168 valence electrons. The van der Waals surface area contributed by atoms with E-state index in [2.05, 4.69) is 9.98 Å². The van der Waals surface area contributed by atoms with E-state index in [9.17, 15) is 0 Å². The number of aliphatic imine (C=N–C) groups is 2. The first-order chi connectivity index (χ1) is 13.3. The van der Waals surface area contributed by atoms with E-state index >= 15 is 0 Å². The Kier molecular flexibility index (Phi) is 8.69. The van der Waals surface area contributed by atoms with Crippen molar-refractivity contribution < 1.29 is 4.42 Å². The lowest BCUT2D eigenvalue weighted by Gasteiger charge is -2.46. The van der Waals surface area contributed by atoms with Crippen molar-refractivity contribution in [1.82, 2.24) is 4.90 Å². The normalized spacial score (nSPS) is 18.6. The average Bonchev–Trinajstić information content (AvgIpc) is 2.93. The molecule has 1 aliphatic rings. The summed E-state index contributed by atoms with van der Waals surface area (Å²) in [6, 6.07) is 3.38. The van der Waals surface area contributed by atoms with Gasteiger partial charge in [0.25, 0.3) is 3.92 Å². The monoisotopic (exact) mass is 653 g/mol. The van der Waals surface area contributed by atoms with Crippen LogP contribution in [0.5, 0.6) is 0 Å². The van der Waals surface area contributed by atoms with Gasteiger partial charge >= 0.3 is 0 Å². The quantitative estimate of drug-likeness (QED) is 0.235. The number of hydrogen-bond acceptors (Lipinski definition) is 4. The number of alkyl halides is 12. The molecule has 1 aromatic heterocycles. The third kappa shape index (κ3) is 6.00. The van der Waals surface area contributed by atoms with Gasteiger partial charge in [-0.2, -0.15) is 0 Å². The zero-order chi connectivity index (χ0) is 23.3. The lowest BCUT2D eigenvalue weighted by atomic mass is 10.2. The summed E-state index contributed by atoms with van der Waals surface area (Å²) in [6.07, 6.45) is 2.77. The Bertz CT molecular complexity index is 868. The molecule has 2 heterocycles. The molecule has 0 amide bonds. The minimum Gasteiger partial charge on any atom is -0.462 e. The Morgan fingerprint density at radius 3 is 1.73 bits per heavy atom. The van der Waals surface area contributed by atoms with E-state index < -0.39 is 26.8 Å². The first-order valence-corrected chi connectivity index (χ1v) is 11.8. The third-order valence-corrected chi connectivity index (χ3v) is 6.04. The van der Waals surface area contributed by atoms with Crippen molar-refractivity contribution >= 4 is 157 Å². The van der Waals surface area contributed by atoms with Gasteiger partial charge in [-0.1, -0.05) is 139 Å². The molecule has 0 aliphatic carbocycles. The topological polar surface area (TPSA) is 41.1 Å². The van der Waals surface area contributed by atoms with Crippen LogP contribution in [0.4, 0.5) is 0 Å². The highest BCUT2D eigenvalue weighted by molar-refractivity contribution is 6.79. The second-order valence-electron chi connectivity index (χ2n) is 5.66. The molecule has 1 aromatic rings. The van der Waals surface area contributed by atoms with Gasteiger partial charge in [0.05, 0.1) is 0 Å². The zero-order valence-corrected chi connectivity index (χ0v) is 23.2. The fourth-order valence-corrected chi connectivity index (χ4v) is 4.89. The highest BCUT2D eigenvalue weighted by Gasteiger charge is 2.65. The van der Waals surface area contributed by atoms with Crippen molar-refractivity contribution in [1.29, 1.82) is 0 Å². The molecule has 0 radical (unpaired) electrons. The van der Waals surface area contributed by atoms with Gasteiger partial charge in [0.2, 0.25) is 17.0 Å². The number of rotatable bonds is 2. The van der Waals surface area contributed by atoms with Crippen molar-refractivity contribution in [2.75, 3.05) is 0 Å². The third-order valence-electron chi connectivity index (χ3n) is 3.44. The van der Waals surface area contributed by atoms with Gasteiger partial charge in [-0.05, 0) is 31.2 Å². The van der Waals surface area contributed by atoms with Crippen LogP contribution in [0.15, 0.2) is 32.6 Å². The number of hydrogen-bond donors (Lipinski definition) is 0. The van der Waals surface area contributed by atoms with Crippen LogP contribution in [0, 0.1) is 6.92 Å². The molecule has 2 rings (SSSR count). The summed E-state index contributed by atoms with van der Waals surface area (Å²) in [7, 11) is 0. The highest BCUT2D eigenvalue weighted by Crippen LogP contribution is 2.57. The number of nitrogens with zero attached hydrogens (tertiary/aromatic N) is 3. The molecular formula is C14H7Cl12N3O. The van der Waals surface area contributed by atoms with Gasteiger partial charge in [0.1, 0.15) is 17.4 Å². The Labute approximate surface area is 231 Å². The molecule has 1 aliphatic heterocycles. The summed E-state index contributed by atoms with van der Waals surface area (Å²) in [6.45, 7) is 1.74. The fourth-order valence-electron chi connectivity index (χ4n) is 2.22. The maximum absolute atomic E-state index is 6.09. The highest BCUT2D eigenvalue weighted by atomic mass is 35.6. The predicted molar refractivity (Wildman–Crippen MR) is 133 cm³/mol. The minimum atomic E-state index is -2.44. The van der Waals surface area contributed by atoms with Crippen LogP contribution in [0.2, 0.25) is 0 Å². The maximum Gasteiger partial charge on any atom is 0.274 e. The van der Waals surface area contributed by atoms with Crippen LogP contribution in [0.1, 0.15) is 11.5 Å². The number of furan rings is 1. The first-order valence-electron chi connectivity index (χ1n) is 7.31. The molecule has 0 N–H and O–H groups in total. The van der Waals surface area contributed by atoms with Crippen molar-refractivity contribution in [3.63, 3.8) is 0 Å². The van der Waals surface area contributed by atoms with Gasteiger partial charge < -0.3 is 4.42 Å². The summed E-state index contributed by atoms with van der Waals surface area (Å²) in [5, 5.41) is 0. The van der Waals surface area contributed by atoms with Crippen molar-refractivity contribution in [3.8, 4) is 0 Å². The van der Waals surface area contributed by atoms with Gasteiger partial charge in [-0.15, -0.1) is 0 Å².